The van der Waals surface area contributed by atoms with Gasteiger partial charge in [-0.15, -0.1) is 0 Å². The second-order valence-electron chi connectivity index (χ2n) is 31.3. The summed E-state index contributed by atoms with van der Waals surface area (Å²) in [5.41, 5.74) is 7.57. The third kappa shape index (κ3) is 82.7. The fraction of sp³-hybridized carbons (Fsp3) is 0.882. The molecule has 85 heavy (non-hydrogen) atoms. The van der Waals surface area contributed by atoms with Gasteiger partial charge in [-0.3, -0.25) is 0 Å². The zero-order valence-electron chi connectivity index (χ0n) is 64.8. The SMILES string of the molecule is C/C=C(\C)CCCC(C)C.C/C=C(\C)CCCC(C)CCCC(C)C.C/C=C(\C)CCCC(C)CCCC(C)CCCC(C)CCCC(C)C.C/C=C(\C)CCCC(C)CCCC(C)CCCC(C)CCCC(C)CCCC(C)C.CC=C(C)C. The molecule has 0 spiro atoms. The molecule has 0 aliphatic carbocycles. The van der Waals surface area contributed by atoms with Crippen molar-refractivity contribution >= 4 is 0 Å². The zero-order chi connectivity index (χ0) is 65.8. The number of hydrogen-bond donors (Lipinski definition) is 0. The van der Waals surface area contributed by atoms with Crippen LogP contribution in [0.3, 0.4) is 0 Å². The van der Waals surface area contributed by atoms with Gasteiger partial charge in [0.25, 0.3) is 0 Å². The lowest BCUT2D eigenvalue weighted by atomic mass is 9.89. The van der Waals surface area contributed by atoms with Crippen molar-refractivity contribution in [2.45, 2.75) is 418 Å². The summed E-state index contributed by atoms with van der Waals surface area (Å²) in [4.78, 5) is 0. The molecular weight excluding hydrogens is 1020 g/mol. The van der Waals surface area contributed by atoms with E-state index in [4.69, 9.17) is 0 Å². The van der Waals surface area contributed by atoms with Gasteiger partial charge < -0.3 is 0 Å². The predicted octanol–water partition coefficient (Wildman–Crippen LogP) is 31.5. The van der Waals surface area contributed by atoms with Gasteiger partial charge in [0.2, 0.25) is 0 Å². The Morgan fingerprint density at radius 3 is 0.435 bits per heavy atom. The van der Waals surface area contributed by atoms with E-state index >= 15 is 0 Å². The van der Waals surface area contributed by atoms with Gasteiger partial charge in [0, 0.05) is 0 Å². The monoisotopic (exact) mass is 1190 g/mol. The van der Waals surface area contributed by atoms with E-state index in [-0.39, 0.29) is 0 Å². The Labute approximate surface area is 544 Å². The third-order valence-electron chi connectivity index (χ3n) is 19.1. The summed E-state index contributed by atoms with van der Waals surface area (Å²) in [6, 6.07) is 0. The van der Waals surface area contributed by atoms with Crippen LogP contribution in [0.15, 0.2) is 58.2 Å². The molecule has 0 aliphatic heterocycles. The number of allylic oxidation sites excluding steroid dienone is 10. The van der Waals surface area contributed by atoms with E-state index in [1.807, 2.05) is 6.92 Å². The van der Waals surface area contributed by atoms with Crippen LogP contribution in [0.1, 0.15) is 418 Å². The van der Waals surface area contributed by atoms with Crippen LogP contribution in [0, 0.1) is 71.0 Å². The molecule has 0 radical (unpaired) electrons. The molecule has 0 heteroatoms. The minimum Gasteiger partial charge on any atom is -0.0890 e. The molecule has 0 aliphatic rings. The first-order valence-electron chi connectivity index (χ1n) is 38.1. The summed E-state index contributed by atoms with van der Waals surface area (Å²) >= 11 is 0. The molecule has 510 valence electrons. The van der Waals surface area contributed by atoms with E-state index in [9.17, 15) is 0 Å². The van der Waals surface area contributed by atoms with Crippen LogP contribution >= 0.6 is 0 Å². The van der Waals surface area contributed by atoms with Gasteiger partial charge in [0.1, 0.15) is 0 Å². The molecule has 0 N–H and O–H groups in total. The minimum atomic E-state index is 0.865. The van der Waals surface area contributed by atoms with Gasteiger partial charge in [0.05, 0.1) is 0 Å². The molecule has 0 saturated heterocycles. The van der Waals surface area contributed by atoms with Gasteiger partial charge in [-0.2, -0.15) is 0 Å². The molecule has 0 fully saturated rings. The molecule has 0 saturated carbocycles. The first kappa shape index (κ1) is 92.4. The molecule has 0 aromatic heterocycles. The van der Waals surface area contributed by atoms with Gasteiger partial charge >= 0.3 is 0 Å². The summed E-state index contributed by atoms with van der Waals surface area (Å²) in [5, 5.41) is 0. The Hall–Kier alpha value is -1.30. The molecule has 0 nitrogen and oxygen atoms in total. The highest BCUT2D eigenvalue weighted by Gasteiger charge is 2.12. The largest absolute Gasteiger partial charge is 0.0890 e. The zero-order valence-corrected chi connectivity index (χ0v) is 64.8. The maximum absolute atomic E-state index is 2.49. The van der Waals surface area contributed by atoms with Crippen molar-refractivity contribution < 1.29 is 0 Å². The van der Waals surface area contributed by atoms with Crippen molar-refractivity contribution in [2.24, 2.45) is 71.0 Å². The van der Waals surface area contributed by atoms with Crippen molar-refractivity contribution in [1.82, 2.24) is 0 Å². The van der Waals surface area contributed by atoms with Gasteiger partial charge in [-0.05, 0) is 199 Å². The summed E-state index contributed by atoms with van der Waals surface area (Å²) in [5.74, 6) is 10.9. The van der Waals surface area contributed by atoms with Crippen LogP contribution in [-0.4, -0.2) is 0 Å². The highest BCUT2D eigenvalue weighted by molar-refractivity contribution is 4.97. The van der Waals surface area contributed by atoms with E-state index in [0.717, 1.165) is 71.0 Å². The maximum atomic E-state index is 2.49. The number of rotatable bonds is 48. The summed E-state index contributed by atoms with van der Waals surface area (Å²) in [7, 11) is 0. The van der Waals surface area contributed by atoms with Crippen LogP contribution in [0.2, 0.25) is 0 Å². The second-order valence-corrected chi connectivity index (χ2v) is 31.3. The van der Waals surface area contributed by atoms with Gasteiger partial charge in [-0.1, -0.05) is 349 Å². The third-order valence-corrected chi connectivity index (χ3v) is 19.1. The van der Waals surface area contributed by atoms with Crippen molar-refractivity contribution in [2.75, 3.05) is 0 Å². The summed E-state index contributed by atoms with van der Waals surface area (Å²) in [6.45, 7) is 62.1. The summed E-state index contributed by atoms with van der Waals surface area (Å²) < 4.78 is 0. The lowest BCUT2D eigenvalue weighted by Crippen LogP contribution is -2.02. The smallest absolute Gasteiger partial charge is 0.0323 e. The fourth-order valence-corrected chi connectivity index (χ4v) is 11.4. The van der Waals surface area contributed by atoms with E-state index in [0.29, 0.717) is 0 Å². The Morgan fingerprint density at radius 2 is 0.306 bits per heavy atom. The van der Waals surface area contributed by atoms with Crippen molar-refractivity contribution in [3.63, 3.8) is 0 Å². The Morgan fingerprint density at radius 1 is 0.188 bits per heavy atom. The van der Waals surface area contributed by atoms with E-state index < -0.39 is 0 Å². The minimum absolute atomic E-state index is 0.865. The topological polar surface area (TPSA) is 0 Å². The van der Waals surface area contributed by atoms with Gasteiger partial charge in [-0.25, -0.2) is 0 Å². The maximum Gasteiger partial charge on any atom is -0.0323 e. The Bertz CT molecular complexity index is 1480. The van der Waals surface area contributed by atoms with Crippen molar-refractivity contribution in [1.29, 1.82) is 0 Å². The van der Waals surface area contributed by atoms with Gasteiger partial charge in [0.15, 0.2) is 0 Å². The molecule has 8 atom stereocenters. The summed E-state index contributed by atoms with van der Waals surface area (Å²) in [6.07, 6.45) is 61.8. The average molecular weight is 1190 g/mol. The highest BCUT2D eigenvalue weighted by Crippen LogP contribution is 2.27. The highest BCUT2D eigenvalue weighted by atomic mass is 14.2. The molecule has 0 bridgehead atoms. The van der Waals surface area contributed by atoms with Crippen LogP contribution in [-0.2, 0) is 0 Å². The second kappa shape index (κ2) is 67.1. The van der Waals surface area contributed by atoms with Crippen LogP contribution < -0.4 is 0 Å². The van der Waals surface area contributed by atoms with Crippen LogP contribution in [0.4, 0.5) is 0 Å². The Balaban J connectivity index is -0.000000346. The van der Waals surface area contributed by atoms with Crippen LogP contribution in [0.25, 0.3) is 0 Å². The Kier molecular flexibility index (Phi) is 73.0. The first-order chi connectivity index (χ1) is 40.1. The molecule has 0 aromatic rings. The lowest BCUT2D eigenvalue weighted by Gasteiger charge is -2.17. The standard InChI is InChI=1S/C30H60.C25H50.C15H30.C10H20.C5H10/c1-9-26(4)16-11-18-28(6)20-13-22-30(8)24-14-23-29(7)21-12-19-27(5)17-10-15-25(2)3;1-8-22(4)14-10-16-24(6)18-12-20-25(7)19-11-17-23(5)15-9-13-21(2)3;1-6-14(4)10-8-12-15(5)11-7-9-13(2)3;1-5-10(4)8-6-7-9(2)3;1-4-5(2)3/h9,25,27-30H,10-24H2,1-8H3;8,21,23-25H,9-20H2,1-7H3;6,13,15H,7-12H2,1-5H3;5,9H,6-8H2,1-4H3;4H,1-3H3/b26-9+;22-8+;14-6+;10-5+;. The first-order valence-corrected chi connectivity index (χ1v) is 38.1. The van der Waals surface area contributed by atoms with E-state index in [2.05, 4.69) is 210 Å². The fourth-order valence-electron chi connectivity index (χ4n) is 11.4. The normalized spacial score (nSPS) is 15.1. The van der Waals surface area contributed by atoms with Crippen LogP contribution in [0.5, 0.6) is 0 Å². The molecule has 0 amide bonds. The molecular formula is C85H170. The average Bonchev–Trinajstić information content (AvgIpc) is 3.43. The molecule has 0 rings (SSSR count). The van der Waals surface area contributed by atoms with Crippen molar-refractivity contribution in [3.8, 4) is 0 Å². The molecule has 8 unspecified atom stereocenters. The van der Waals surface area contributed by atoms with E-state index in [1.165, 1.54) is 242 Å². The predicted molar refractivity (Wildman–Crippen MR) is 402 cm³/mol. The van der Waals surface area contributed by atoms with E-state index in [1.54, 1.807) is 16.7 Å². The molecule has 0 heterocycles. The number of hydrogen-bond acceptors (Lipinski definition) is 0. The quantitative estimate of drug-likeness (QED) is 0.0533. The van der Waals surface area contributed by atoms with Crippen molar-refractivity contribution in [3.05, 3.63) is 58.2 Å². The molecule has 0 aromatic carbocycles. The lowest BCUT2D eigenvalue weighted by molar-refractivity contribution is 0.364.